The van der Waals surface area contributed by atoms with E-state index in [1.165, 1.54) is 0 Å². The Hall–Kier alpha value is -1.10. The Morgan fingerprint density at radius 2 is 2.46 bits per heavy atom. The van der Waals surface area contributed by atoms with Crippen molar-refractivity contribution < 1.29 is 0 Å². The lowest BCUT2D eigenvalue weighted by Crippen LogP contribution is -2.15. The molecule has 0 saturated carbocycles. The molecular formula is C8H10N4S. The molecule has 1 N–H and O–H groups in total. The van der Waals surface area contributed by atoms with E-state index in [1.54, 1.807) is 30.4 Å². The number of aromatic nitrogens is 2. The second kappa shape index (κ2) is 4.23. The van der Waals surface area contributed by atoms with Gasteiger partial charge in [0.2, 0.25) is 0 Å². The number of nitrogens with zero attached hydrogens (tertiary/aromatic N) is 3. The van der Waals surface area contributed by atoms with Crippen molar-refractivity contribution in [3.63, 3.8) is 0 Å². The zero-order valence-corrected chi connectivity index (χ0v) is 7.92. The van der Waals surface area contributed by atoms with Crippen LogP contribution in [0.25, 0.3) is 0 Å². The van der Waals surface area contributed by atoms with Gasteiger partial charge in [0.15, 0.2) is 5.17 Å². The van der Waals surface area contributed by atoms with Gasteiger partial charge in [-0.05, 0) is 0 Å². The molecule has 0 amide bonds. The SMILES string of the molecule is c1cnc(CSC2=NCCN2)cn1. The van der Waals surface area contributed by atoms with Gasteiger partial charge in [-0.25, -0.2) is 0 Å². The van der Waals surface area contributed by atoms with Crippen LogP contribution in [0.1, 0.15) is 5.69 Å². The smallest absolute Gasteiger partial charge is 0.157 e. The van der Waals surface area contributed by atoms with E-state index in [4.69, 9.17) is 0 Å². The molecule has 1 aliphatic heterocycles. The first kappa shape index (κ1) is 8.50. The van der Waals surface area contributed by atoms with E-state index < -0.39 is 0 Å². The highest BCUT2D eigenvalue weighted by atomic mass is 32.2. The van der Waals surface area contributed by atoms with Crippen LogP contribution >= 0.6 is 11.8 Å². The quantitative estimate of drug-likeness (QED) is 0.751. The van der Waals surface area contributed by atoms with Crippen LogP contribution < -0.4 is 5.32 Å². The fraction of sp³-hybridized carbons (Fsp3) is 0.375. The van der Waals surface area contributed by atoms with E-state index >= 15 is 0 Å². The van der Waals surface area contributed by atoms with Gasteiger partial charge in [0, 0.05) is 30.9 Å². The van der Waals surface area contributed by atoms with Crippen molar-refractivity contribution in [2.75, 3.05) is 13.1 Å². The Kier molecular flexibility index (Phi) is 2.76. The third kappa shape index (κ3) is 2.42. The van der Waals surface area contributed by atoms with E-state index in [-0.39, 0.29) is 0 Å². The molecule has 0 fully saturated rings. The minimum absolute atomic E-state index is 0.833. The van der Waals surface area contributed by atoms with Gasteiger partial charge in [0.05, 0.1) is 12.2 Å². The van der Waals surface area contributed by atoms with Gasteiger partial charge in [-0.15, -0.1) is 0 Å². The maximum absolute atomic E-state index is 4.27. The van der Waals surface area contributed by atoms with Crippen molar-refractivity contribution in [1.82, 2.24) is 15.3 Å². The molecule has 2 heterocycles. The summed E-state index contributed by atoms with van der Waals surface area (Å²) < 4.78 is 0. The molecule has 5 heteroatoms. The van der Waals surface area contributed by atoms with Crippen molar-refractivity contribution in [2.24, 2.45) is 4.99 Å². The zero-order valence-electron chi connectivity index (χ0n) is 7.10. The molecule has 0 radical (unpaired) electrons. The molecule has 68 valence electrons. The second-order valence-corrected chi connectivity index (χ2v) is 3.56. The van der Waals surface area contributed by atoms with E-state index in [2.05, 4.69) is 20.3 Å². The van der Waals surface area contributed by atoms with Crippen molar-refractivity contribution >= 4 is 16.9 Å². The Morgan fingerprint density at radius 1 is 1.46 bits per heavy atom. The molecule has 1 aromatic rings. The lowest BCUT2D eigenvalue weighted by molar-refractivity contribution is 0.963. The van der Waals surface area contributed by atoms with E-state index in [1.807, 2.05) is 0 Å². The summed E-state index contributed by atoms with van der Waals surface area (Å²) in [5.74, 6) is 0.833. The van der Waals surface area contributed by atoms with Crippen molar-refractivity contribution in [1.29, 1.82) is 0 Å². The van der Waals surface area contributed by atoms with Crippen LogP contribution in [0.2, 0.25) is 0 Å². The Morgan fingerprint density at radius 3 is 3.15 bits per heavy atom. The summed E-state index contributed by atoms with van der Waals surface area (Å²) in [6.07, 6.45) is 5.17. The van der Waals surface area contributed by atoms with E-state index in [0.29, 0.717) is 0 Å². The fourth-order valence-electron chi connectivity index (χ4n) is 1.02. The third-order valence-electron chi connectivity index (χ3n) is 1.62. The van der Waals surface area contributed by atoms with Gasteiger partial charge in [0.25, 0.3) is 0 Å². The number of aliphatic imine (C=N–C) groups is 1. The molecule has 0 aliphatic carbocycles. The second-order valence-electron chi connectivity index (χ2n) is 2.60. The lowest BCUT2D eigenvalue weighted by Gasteiger charge is -2.00. The average Bonchev–Trinajstić information content (AvgIpc) is 2.69. The van der Waals surface area contributed by atoms with Crippen LogP contribution in [-0.2, 0) is 5.75 Å². The summed E-state index contributed by atoms with van der Waals surface area (Å²) in [5.41, 5.74) is 0.990. The van der Waals surface area contributed by atoms with Crippen LogP contribution in [0.4, 0.5) is 0 Å². The van der Waals surface area contributed by atoms with Gasteiger partial charge >= 0.3 is 0 Å². The normalized spacial score (nSPS) is 15.2. The van der Waals surface area contributed by atoms with Crippen LogP contribution in [0.15, 0.2) is 23.6 Å². The van der Waals surface area contributed by atoms with Gasteiger partial charge in [-0.1, -0.05) is 11.8 Å². The number of hydrogen-bond acceptors (Lipinski definition) is 5. The summed E-state index contributed by atoms with van der Waals surface area (Å²) in [6.45, 7) is 1.85. The van der Waals surface area contributed by atoms with Crippen molar-refractivity contribution in [3.8, 4) is 0 Å². The first-order valence-electron chi connectivity index (χ1n) is 4.11. The molecule has 4 nitrogen and oxygen atoms in total. The first-order valence-corrected chi connectivity index (χ1v) is 5.10. The summed E-state index contributed by atoms with van der Waals surface area (Å²) in [7, 11) is 0. The molecule has 2 rings (SSSR count). The molecule has 0 atom stereocenters. The zero-order chi connectivity index (χ0) is 8.93. The van der Waals surface area contributed by atoms with Gasteiger partial charge in [-0.2, -0.15) is 0 Å². The molecule has 13 heavy (non-hydrogen) atoms. The standard InChI is InChI=1S/C8H10N4S/c1-2-10-7(5-9-1)6-13-8-11-3-4-12-8/h1-2,5H,3-4,6H2,(H,11,12). The number of rotatable bonds is 2. The van der Waals surface area contributed by atoms with Crippen molar-refractivity contribution in [3.05, 3.63) is 24.3 Å². The minimum Gasteiger partial charge on any atom is -0.363 e. The summed E-state index contributed by atoms with van der Waals surface area (Å²) >= 11 is 1.67. The minimum atomic E-state index is 0.833. The van der Waals surface area contributed by atoms with E-state index in [9.17, 15) is 0 Å². The fourth-order valence-corrected chi connectivity index (χ4v) is 1.84. The Balaban J connectivity index is 1.86. The van der Waals surface area contributed by atoms with Crippen LogP contribution in [-0.4, -0.2) is 28.2 Å². The molecule has 0 aromatic carbocycles. The molecule has 1 aromatic heterocycles. The van der Waals surface area contributed by atoms with Gasteiger partial charge < -0.3 is 5.32 Å². The molecular weight excluding hydrogens is 184 g/mol. The first-order chi connectivity index (χ1) is 6.45. The topological polar surface area (TPSA) is 50.2 Å². The third-order valence-corrected chi connectivity index (χ3v) is 2.60. The van der Waals surface area contributed by atoms with E-state index in [0.717, 1.165) is 29.7 Å². The molecule has 0 spiro atoms. The van der Waals surface area contributed by atoms with Crippen LogP contribution in [0, 0.1) is 0 Å². The van der Waals surface area contributed by atoms with Crippen LogP contribution in [0.5, 0.6) is 0 Å². The lowest BCUT2D eigenvalue weighted by atomic mass is 10.5. The highest BCUT2D eigenvalue weighted by Crippen LogP contribution is 2.11. The molecule has 0 bridgehead atoms. The number of amidine groups is 1. The Labute approximate surface area is 80.9 Å². The monoisotopic (exact) mass is 194 g/mol. The highest BCUT2D eigenvalue weighted by molar-refractivity contribution is 8.13. The van der Waals surface area contributed by atoms with Gasteiger partial charge in [-0.3, -0.25) is 15.0 Å². The summed E-state index contributed by atoms with van der Waals surface area (Å²) in [6, 6.07) is 0. The Bertz CT molecular complexity index is 298. The van der Waals surface area contributed by atoms with Gasteiger partial charge in [0.1, 0.15) is 0 Å². The molecule has 0 saturated heterocycles. The number of thioether (sulfide) groups is 1. The predicted molar refractivity (Wildman–Crippen MR) is 53.6 cm³/mol. The predicted octanol–water partition coefficient (Wildman–Crippen LogP) is 0.669. The molecule has 1 aliphatic rings. The molecule has 0 unspecified atom stereocenters. The largest absolute Gasteiger partial charge is 0.363 e. The number of nitrogens with one attached hydrogen (secondary N) is 1. The summed E-state index contributed by atoms with van der Waals surface area (Å²) in [5, 5.41) is 4.21. The average molecular weight is 194 g/mol. The van der Waals surface area contributed by atoms with Crippen molar-refractivity contribution in [2.45, 2.75) is 5.75 Å². The maximum atomic E-state index is 4.27. The summed E-state index contributed by atoms with van der Waals surface area (Å²) in [4.78, 5) is 12.4. The van der Waals surface area contributed by atoms with Crippen LogP contribution in [0.3, 0.4) is 0 Å². The maximum Gasteiger partial charge on any atom is 0.157 e. The number of hydrogen-bond donors (Lipinski definition) is 1. The highest BCUT2D eigenvalue weighted by Gasteiger charge is 2.05.